The molecule has 0 aliphatic rings. The van der Waals surface area contributed by atoms with Gasteiger partial charge in [0.2, 0.25) is 23.6 Å². The number of primary amides is 1. The van der Waals surface area contributed by atoms with Crippen molar-refractivity contribution in [3.8, 4) is 0 Å². The van der Waals surface area contributed by atoms with Gasteiger partial charge >= 0.3 is 0 Å². The molecule has 0 bridgehead atoms. The minimum absolute atomic E-state index is 0.0875. The molecule has 238 valence electrons. The van der Waals surface area contributed by atoms with Crippen molar-refractivity contribution in [2.45, 2.75) is 56.7 Å². The monoisotopic (exact) mass is 614 g/mol. The number of carbonyl (C=O) groups excluding carboxylic acids is 4. The fourth-order valence-electron chi connectivity index (χ4n) is 4.71. The van der Waals surface area contributed by atoms with Crippen LogP contribution in [0.25, 0.3) is 0 Å². The molecule has 0 spiro atoms. The van der Waals surface area contributed by atoms with Crippen molar-refractivity contribution in [1.82, 2.24) is 16.0 Å². The van der Waals surface area contributed by atoms with Gasteiger partial charge in [0.1, 0.15) is 18.1 Å². The highest BCUT2D eigenvalue weighted by atomic mass is 16.2. The van der Waals surface area contributed by atoms with E-state index in [9.17, 15) is 19.2 Å². The van der Waals surface area contributed by atoms with E-state index in [-0.39, 0.29) is 31.1 Å². The van der Waals surface area contributed by atoms with Crippen LogP contribution in [0, 0.1) is 0 Å². The summed E-state index contributed by atoms with van der Waals surface area (Å²) in [5.74, 6) is -2.29. The summed E-state index contributed by atoms with van der Waals surface area (Å²) in [5, 5.41) is 8.30. The minimum Gasteiger partial charge on any atom is -0.370 e. The Morgan fingerprint density at radius 3 is 1.91 bits per heavy atom. The van der Waals surface area contributed by atoms with E-state index in [1.54, 1.807) is 54.6 Å². The number of aliphatic imine (C=N–C) groups is 1. The molecule has 0 saturated heterocycles. The fourth-order valence-corrected chi connectivity index (χ4v) is 4.71. The highest BCUT2D eigenvalue weighted by Gasteiger charge is 2.29. The summed E-state index contributed by atoms with van der Waals surface area (Å²) in [6.07, 6.45) is 2.22. The van der Waals surface area contributed by atoms with Crippen molar-refractivity contribution in [3.05, 3.63) is 102 Å². The molecule has 11 N–H and O–H groups in total. The summed E-state index contributed by atoms with van der Waals surface area (Å²) < 4.78 is 0. The normalized spacial score (nSPS) is 12.6. The molecule has 0 aromatic heterocycles. The summed E-state index contributed by atoms with van der Waals surface area (Å²) in [5.41, 5.74) is 25.0. The maximum Gasteiger partial charge on any atom is 0.244 e. The maximum absolute atomic E-state index is 13.7. The lowest BCUT2D eigenvalue weighted by molar-refractivity contribution is -0.133. The van der Waals surface area contributed by atoms with Crippen LogP contribution in [0.5, 0.6) is 0 Å². The first-order valence-corrected chi connectivity index (χ1v) is 14.8. The molecule has 45 heavy (non-hydrogen) atoms. The van der Waals surface area contributed by atoms with Gasteiger partial charge < -0.3 is 38.9 Å². The van der Waals surface area contributed by atoms with E-state index in [1.165, 1.54) is 0 Å². The van der Waals surface area contributed by atoms with Crippen molar-refractivity contribution in [3.63, 3.8) is 0 Å². The second kappa shape index (κ2) is 17.8. The van der Waals surface area contributed by atoms with Crippen LogP contribution in [-0.4, -0.2) is 48.2 Å². The predicted molar refractivity (Wildman–Crippen MR) is 174 cm³/mol. The number of guanidine groups is 1. The largest absolute Gasteiger partial charge is 0.370 e. The summed E-state index contributed by atoms with van der Waals surface area (Å²) in [6, 6.07) is 21.9. The van der Waals surface area contributed by atoms with E-state index in [0.29, 0.717) is 37.1 Å². The lowest BCUT2D eigenvalue weighted by Gasteiger charge is -2.25. The second-order valence-electron chi connectivity index (χ2n) is 10.6. The number of hydrogen-bond acceptors (Lipinski definition) is 6. The van der Waals surface area contributed by atoms with Gasteiger partial charge in [0.05, 0.1) is 5.69 Å². The van der Waals surface area contributed by atoms with Crippen LogP contribution in [0.15, 0.2) is 89.9 Å². The molecule has 12 nitrogen and oxygen atoms in total. The van der Waals surface area contributed by atoms with Crippen LogP contribution in [0.4, 0.5) is 5.69 Å². The third-order valence-corrected chi connectivity index (χ3v) is 7.05. The van der Waals surface area contributed by atoms with Gasteiger partial charge in [-0.25, -0.2) is 4.99 Å². The van der Waals surface area contributed by atoms with Crippen LogP contribution < -0.4 is 38.9 Å². The van der Waals surface area contributed by atoms with Gasteiger partial charge in [-0.3, -0.25) is 19.2 Å². The summed E-state index contributed by atoms with van der Waals surface area (Å²) in [6.45, 7) is 0.409. The Morgan fingerprint density at radius 2 is 1.31 bits per heavy atom. The van der Waals surface area contributed by atoms with Gasteiger partial charge in [-0.1, -0.05) is 72.8 Å². The van der Waals surface area contributed by atoms with E-state index >= 15 is 0 Å². The van der Waals surface area contributed by atoms with Gasteiger partial charge in [0.15, 0.2) is 5.96 Å². The van der Waals surface area contributed by atoms with Crippen molar-refractivity contribution in [2.24, 2.45) is 27.9 Å². The Labute approximate surface area is 263 Å². The molecule has 0 aliphatic heterocycles. The third kappa shape index (κ3) is 11.8. The molecule has 3 aromatic carbocycles. The number of rotatable bonds is 17. The molecule has 0 saturated carbocycles. The number of nitrogens with two attached hydrogens (primary N) is 4. The molecule has 3 atom stereocenters. The Hall–Kier alpha value is -5.23. The molecular weight excluding hydrogens is 572 g/mol. The van der Waals surface area contributed by atoms with Crippen LogP contribution >= 0.6 is 0 Å². The van der Waals surface area contributed by atoms with Crippen LogP contribution in [-0.2, 0) is 32.0 Å². The highest BCUT2D eigenvalue weighted by Crippen LogP contribution is 2.16. The predicted octanol–water partition coefficient (Wildman–Crippen LogP) is 1.21. The average molecular weight is 615 g/mol. The third-order valence-electron chi connectivity index (χ3n) is 7.05. The van der Waals surface area contributed by atoms with Crippen LogP contribution in [0.3, 0.4) is 0 Å². The first-order chi connectivity index (χ1) is 21.7. The molecule has 0 radical (unpaired) electrons. The van der Waals surface area contributed by atoms with Crippen molar-refractivity contribution < 1.29 is 19.2 Å². The number of hydrogen-bond donors (Lipinski definition) is 7. The first kappa shape index (κ1) is 34.3. The van der Waals surface area contributed by atoms with E-state index in [2.05, 4.69) is 20.9 Å². The van der Waals surface area contributed by atoms with E-state index < -0.39 is 35.8 Å². The van der Waals surface area contributed by atoms with Gasteiger partial charge in [-0.15, -0.1) is 0 Å². The van der Waals surface area contributed by atoms with Crippen molar-refractivity contribution in [1.29, 1.82) is 0 Å². The molecule has 4 amide bonds. The molecule has 12 heteroatoms. The highest BCUT2D eigenvalue weighted by molar-refractivity contribution is 5.94. The molecule has 3 rings (SSSR count). The minimum atomic E-state index is -1.09. The fraction of sp³-hybridized carbons (Fsp3) is 0.303. The van der Waals surface area contributed by atoms with E-state index in [0.717, 1.165) is 11.1 Å². The zero-order valence-electron chi connectivity index (χ0n) is 25.2. The summed E-state index contributed by atoms with van der Waals surface area (Å²) >= 11 is 0. The Kier molecular flexibility index (Phi) is 13.5. The number of benzene rings is 3. The number of unbranched alkanes of at least 4 members (excludes halogenated alkanes) is 1. The summed E-state index contributed by atoms with van der Waals surface area (Å²) in [4.78, 5) is 56.5. The SMILES string of the molecule is NCCCC[C@H](NC(=O)[C@H](Cc1ccc(N=C(N)N)cc1)NC(=O)CCc1ccccc1)C(=O)N[C@H](C(N)=O)c1ccccc1. The van der Waals surface area contributed by atoms with Crippen LogP contribution in [0.1, 0.15) is 48.4 Å². The van der Waals surface area contributed by atoms with Gasteiger partial charge in [0.25, 0.3) is 0 Å². The second-order valence-corrected chi connectivity index (χ2v) is 10.6. The quantitative estimate of drug-likeness (QED) is 0.0668. The standard InChI is InChI=1S/C33H42N8O4/c34-20-8-7-13-26(31(44)41-29(30(35)43)24-11-5-2-6-12-24)40-32(45)27(21-23-14-17-25(18-15-23)38-33(36)37)39-28(42)19-16-22-9-3-1-4-10-22/h1-6,9-12,14-15,17-18,26-27,29H,7-8,13,16,19-21,34H2,(H2,35,43)(H,39,42)(H,40,45)(H,41,44)(H4,36,37,38)/t26-,27-,29-/m0/s1. The molecule has 0 aliphatic carbocycles. The van der Waals surface area contributed by atoms with Crippen molar-refractivity contribution in [2.75, 3.05) is 6.54 Å². The molecule has 0 unspecified atom stereocenters. The Bertz CT molecular complexity index is 1430. The number of carbonyl (C=O) groups is 4. The average Bonchev–Trinajstić information content (AvgIpc) is 3.03. The van der Waals surface area contributed by atoms with Crippen LogP contribution in [0.2, 0.25) is 0 Å². The Morgan fingerprint density at radius 1 is 0.689 bits per heavy atom. The lowest BCUT2D eigenvalue weighted by Crippen LogP contribution is -2.55. The summed E-state index contributed by atoms with van der Waals surface area (Å²) in [7, 11) is 0. The van der Waals surface area contributed by atoms with Crippen molar-refractivity contribution >= 4 is 35.3 Å². The maximum atomic E-state index is 13.7. The molecule has 0 fully saturated rings. The zero-order valence-corrected chi connectivity index (χ0v) is 25.2. The van der Waals surface area contributed by atoms with Gasteiger partial charge in [-0.05, 0) is 61.1 Å². The number of aryl methyl sites for hydroxylation is 1. The molecule has 0 heterocycles. The molecular formula is C33H42N8O4. The number of nitrogens with zero attached hydrogens (tertiary/aromatic N) is 1. The van der Waals surface area contributed by atoms with Gasteiger partial charge in [0, 0.05) is 12.8 Å². The number of amides is 4. The zero-order chi connectivity index (χ0) is 32.6. The number of nitrogens with one attached hydrogen (secondary N) is 3. The topological polar surface area (TPSA) is 221 Å². The van der Waals surface area contributed by atoms with E-state index in [1.807, 2.05) is 30.3 Å². The Balaban J connectivity index is 1.80. The molecule has 3 aromatic rings. The first-order valence-electron chi connectivity index (χ1n) is 14.8. The lowest BCUT2D eigenvalue weighted by atomic mass is 10.0. The smallest absolute Gasteiger partial charge is 0.244 e. The van der Waals surface area contributed by atoms with E-state index in [4.69, 9.17) is 22.9 Å². The van der Waals surface area contributed by atoms with Gasteiger partial charge in [-0.2, -0.15) is 0 Å².